The van der Waals surface area contributed by atoms with E-state index in [-0.39, 0.29) is 0 Å². The van der Waals surface area contributed by atoms with Crippen molar-refractivity contribution in [3.8, 4) is 0 Å². The molecule has 0 aromatic carbocycles. The van der Waals surface area contributed by atoms with Gasteiger partial charge in [0.2, 0.25) is 0 Å². The third kappa shape index (κ3) is 4.85. The number of hydrogen-bond acceptors (Lipinski definition) is 7. The Hall–Kier alpha value is -1.97. The number of rotatable bonds is 5. The number of carbonyl (C=O) groups is 3. The minimum atomic E-state index is -0.763. The number of thiophene rings is 1. The molecule has 2 aliphatic rings. The van der Waals surface area contributed by atoms with Crippen LogP contribution < -0.4 is 10.6 Å². The van der Waals surface area contributed by atoms with E-state index >= 15 is 0 Å². The van der Waals surface area contributed by atoms with Crippen molar-refractivity contribution in [3.05, 3.63) is 16.0 Å². The van der Waals surface area contributed by atoms with Crippen LogP contribution in [0.4, 0.5) is 5.00 Å². The van der Waals surface area contributed by atoms with E-state index in [0.29, 0.717) is 36.9 Å². The Morgan fingerprint density at radius 1 is 1.15 bits per heavy atom. The number of amides is 2. The molecule has 0 unspecified atom stereocenters. The molecule has 1 fully saturated rings. The molecule has 0 radical (unpaired) electrons. The second-order valence-electron chi connectivity index (χ2n) is 6.57. The molecular formula is C18H25N3O5S. The number of esters is 1. The molecule has 1 aromatic rings. The number of aryl methyl sites for hydroxylation is 1. The highest BCUT2D eigenvalue weighted by molar-refractivity contribution is 7.17. The number of morpholine rings is 1. The van der Waals surface area contributed by atoms with E-state index in [2.05, 4.69) is 15.5 Å². The molecule has 1 saturated heterocycles. The smallest absolute Gasteiger partial charge is 0.341 e. The van der Waals surface area contributed by atoms with Crippen molar-refractivity contribution in [2.45, 2.75) is 25.7 Å². The van der Waals surface area contributed by atoms with Gasteiger partial charge in [0.25, 0.3) is 0 Å². The molecule has 8 nitrogen and oxygen atoms in total. The van der Waals surface area contributed by atoms with Crippen molar-refractivity contribution < 1.29 is 23.9 Å². The van der Waals surface area contributed by atoms with Crippen molar-refractivity contribution >= 4 is 34.1 Å². The van der Waals surface area contributed by atoms with Gasteiger partial charge in [-0.05, 0) is 31.2 Å². The fraction of sp³-hybridized carbons (Fsp3) is 0.611. The van der Waals surface area contributed by atoms with Gasteiger partial charge in [0, 0.05) is 31.1 Å². The van der Waals surface area contributed by atoms with Gasteiger partial charge in [-0.2, -0.15) is 0 Å². The normalized spacial score (nSPS) is 17.1. The number of anilines is 1. The second-order valence-corrected chi connectivity index (χ2v) is 7.68. The summed E-state index contributed by atoms with van der Waals surface area (Å²) in [6.45, 7) is 4.08. The molecule has 1 aromatic heterocycles. The first kappa shape index (κ1) is 19.8. The van der Waals surface area contributed by atoms with Crippen LogP contribution in [-0.2, 0) is 31.9 Å². The fourth-order valence-corrected chi connectivity index (χ4v) is 4.64. The molecule has 1 aliphatic heterocycles. The molecule has 0 saturated carbocycles. The molecular weight excluding hydrogens is 370 g/mol. The van der Waals surface area contributed by atoms with Crippen LogP contribution in [-0.4, -0.2) is 69.2 Å². The molecule has 9 heteroatoms. The average Bonchev–Trinajstić information content (AvgIpc) is 3.05. The minimum Gasteiger partial charge on any atom is -0.465 e. The van der Waals surface area contributed by atoms with Crippen molar-refractivity contribution in [2.24, 2.45) is 0 Å². The number of ether oxygens (including phenoxy) is 2. The molecule has 148 valence electrons. The van der Waals surface area contributed by atoms with Gasteiger partial charge in [0.1, 0.15) is 5.00 Å². The lowest BCUT2D eigenvalue weighted by molar-refractivity contribution is -0.136. The summed E-state index contributed by atoms with van der Waals surface area (Å²) >= 11 is 1.36. The summed E-state index contributed by atoms with van der Waals surface area (Å²) in [5.74, 6) is -1.94. The van der Waals surface area contributed by atoms with E-state index in [0.717, 1.165) is 49.2 Å². The van der Waals surface area contributed by atoms with Crippen LogP contribution in [0.3, 0.4) is 0 Å². The maximum absolute atomic E-state index is 12.3. The zero-order valence-electron chi connectivity index (χ0n) is 15.5. The van der Waals surface area contributed by atoms with E-state index in [4.69, 9.17) is 9.47 Å². The molecule has 27 heavy (non-hydrogen) atoms. The van der Waals surface area contributed by atoms with Gasteiger partial charge in [0.05, 0.1) is 25.9 Å². The summed E-state index contributed by atoms with van der Waals surface area (Å²) in [6.07, 6.45) is 3.73. The largest absolute Gasteiger partial charge is 0.465 e. The molecule has 2 N–H and O–H groups in total. The Morgan fingerprint density at radius 3 is 2.63 bits per heavy atom. The summed E-state index contributed by atoms with van der Waals surface area (Å²) in [7, 11) is 1.32. The van der Waals surface area contributed by atoms with Crippen LogP contribution >= 0.6 is 11.3 Å². The van der Waals surface area contributed by atoms with E-state index < -0.39 is 17.8 Å². The van der Waals surface area contributed by atoms with Crippen molar-refractivity contribution in [1.82, 2.24) is 10.2 Å². The molecule has 0 spiro atoms. The zero-order chi connectivity index (χ0) is 19.2. The number of nitrogens with zero attached hydrogens (tertiary/aromatic N) is 1. The van der Waals surface area contributed by atoms with Gasteiger partial charge < -0.3 is 20.1 Å². The zero-order valence-corrected chi connectivity index (χ0v) is 16.3. The Balaban J connectivity index is 1.58. The Labute approximate surface area is 162 Å². The number of carbonyl (C=O) groups excluding carboxylic acids is 3. The first-order valence-corrected chi connectivity index (χ1v) is 10.0. The minimum absolute atomic E-state index is 0.386. The Kier molecular flexibility index (Phi) is 6.81. The summed E-state index contributed by atoms with van der Waals surface area (Å²) in [6, 6.07) is 0. The van der Waals surface area contributed by atoms with Crippen LogP contribution in [0, 0.1) is 0 Å². The van der Waals surface area contributed by atoms with Crippen molar-refractivity contribution in [1.29, 1.82) is 0 Å². The third-order valence-electron chi connectivity index (χ3n) is 4.81. The van der Waals surface area contributed by atoms with Gasteiger partial charge in [-0.15, -0.1) is 11.3 Å². The molecule has 3 rings (SSSR count). The van der Waals surface area contributed by atoms with Gasteiger partial charge >= 0.3 is 17.8 Å². The summed E-state index contributed by atoms with van der Waals surface area (Å²) in [5.41, 5.74) is 1.34. The maximum atomic E-state index is 12.3. The highest BCUT2D eigenvalue weighted by atomic mass is 32.1. The molecule has 0 bridgehead atoms. The number of methoxy groups -OCH3 is 1. The molecule has 2 heterocycles. The highest BCUT2D eigenvalue weighted by Crippen LogP contribution is 2.38. The quantitative estimate of drug-likeness (QED) is 0.566. The Bertz CT molecular complexity index is 712. The highest BCUT2D eigenvalue weighted by Gasteiger charge is 2.28. The van der Waals surface area contributed by atoms with E-state index in [1.165, 1.54) is 18.4 Å². The van der Waals surface area contributed by atoms with Crippen LogP contribution in [0.15, 0.2) is 0 Å². The monoisotopic (exact) mass is 395 g/mol. The standard InChI is InChI=1S/C18H25N3O5S/c1-25-18(24)14-12-4-2-3-5-13(12)27-17(14)20-16(23)15(22)19-6-7-21-8-10-26-11-9-21/h2-11H2,1H3,(H,19,22)(H,20,23). The van der Waals surface area contributed by atoms with E-state index in [9.17, 15) is 14.4 Å². The lowest BCUT2D eigenvalue weighted by atomic mass is 9.95. The van der Waals surface area contributed by atoms with E-state index in [1.54, 1.807) is 0 Å². The maximum Gasteiger partial charge on any atom is 0.341 e. The van der Waals surface area contributed by atoms with Crippen LogP contribution in [0.25, 0.3) is 0 Å². The molecule has 0 atom stereocenters. The fourth-order valence-electron chi connectivity index (χ4n) is 3.36. The van der Waals surface area contributed by atoms with Crippen molar-refractivity contribution in [3.63, 3.8) is 0 Å². The van der Waals surface area contributed by atoms with Crippen molar-refractivity contribution in [2.75, 3.05) is 51.8 Å². The van der Waals surface area contributed by atoms with Crippen LogP contribution in [0.2, 0.25) is 0 Å². The third-order valence-corrected chi connectivity index (χ3v) is 6.02. The summed E-state index contributed by atoms with van der Waals surface area (Å²) < 4.78 is 10.2. The lowest BCUT2D eigenvalue weighted by Gasteiger charge is -2.26. The summed E-state index contributed by atoms with van der Waals surface area (Å²) in [5, 5.41) is 5.64. The predicted molar refractivity (Wildman–Crippen MR) is 101 cm³/mol. The topological polar surface area (TPSA) is 97.0 Å². The number of fused-ring (bicyclic) bond motifs is 1. The van der Waals surface area contributed by atoms with E-state index in [1.807, 2.05) is 0 Å². The average molecular weight is 395 g/mol. The SMILES string of the molecule is COC(=O)c1c(NC(=O)C(=O)NCCN2CCOCC2)sc2c1CCCC2. The van der Waals surface area contributed by atoms with Gasteiger partial charge in [-0.3, -0.25) is 14.5 Å². The first-order chi connectivity index (χ1) is 13.1. The predicted octanol–water partition coefficient (Wildman–Crippen LogP) is 0.800. The molecule has 1 aliphatic carbocycles. The Morgan fingerprint density at radius 2 is 1.89 bits per heavy atom. The first-order valence-electron chi connectivity index (χ1n) is 9.22. The molecule has 2 amide bonds. The van der Waals surface area contributed by atoms with Gasteiger partial charge in [-0.1, -0.05) is 0 Å². The number of nitrogens with one attached hydrogen (secondary N) is 2. The second kappa shape index (κ2) is 9.29. The van der Waals surface area contributed by atoms with Gasteiger partial charge in [-0.25, -0.2) is 4.79 Å². The lowest BCUT2D eigenvalue weighted by Crippen LogP contribution is -2.43. The van der Waals surface area contributed by atoms with Gasteiger partial charge in [0.15, 0.2) is 0 Å². The van der Waals surface area contributed by atoms with Crippen LogP contribution in [0.1, 0.15) is 33.6 Å². The number of hydrogen-bond donors (Lipinski definition) is 2. The van der Waals surface area contributed by atoms with Crippen LogP contribution in [0.5, 0.6) is 0 Å². The summed E-state index contributed by atoms with van der Waals surface area (Å²) in [4.78, 5) is 39.8.